The van der Waals surface area contributed by atoms with Crippen LogP contribution in [0, 0.1) is 5.82 Å². The Morgan fingerprint density at radius 3 is 2.04 bits per heavy atom. The number of hydrogen-bond acceptors (Lipinski definition) is 8. The Morgan fingerprint density at radius 2 is 1.42 bits per heavy atom. The zero-order chi connectivity index (χ0) is 34.7. The molecular weight excluding hydrogens is 641 g/mol. The maximum atomic E-state index is 13.5. The third kappa shape index (κ3) is 9.61. The quantitative estimate of drug-likeness (QED) is 0.173. The van der Waals surface area contributed by atoms with Crippen molar-refractivity contribution in [3.63, 3.8) is 0 Å². The molecule has 0 saturated heterocycles. The molecular formula is C35H38FN3O8S. The van der Waals surface area contributed by atoms with E-state index >= 15 is 0 Å². The highest BCUT2D eigenvalue weighted by Gasteiger charge is 2.26. The fourth-order valence-electron chi connectivity index (χ4n) is 4.70. The van der Waals surface area contributed by atoms with Crippen LogP contribution in [0.5, 0.6) is 23.0 Å². The molecule has 2 amide bonds. The summed E-state index contributed by atoms with van der Waals surface area (Å²) in [6, 6.07) is 22.2. The smallest absolute Gasteiger partial charge is 0.261 e. The second-order valence-corrected chi connectivity index (χ2v) is 12.3. The van der Waals surface area contributed by atoms with E-state index in [1.165, 1.54) is 41.3 Å². The van der Waals surface area contributed by atoms with E-state index in [1.807, 2.05) is 12.1 Å². The van der Waals surface area contributed by atoms with E-state index in [2.05, 4.69) is 10.0 Å². The summed E-state index contributed by atoms with van der Waals surface area (Å²) in [5, 5.41) is 2.90. The van der Waals surface area contributed by atoms with Gasteiger partial charge < -0.3 is 29.2 Å². The van der Waals surface area contributed by atoms with Crippen LogP contribution >= 0.6 is 0 Å². The Hall–Kier alpha value is -5.30. The Labute approximate surface area is 279 Å². The fourth-order valence-corrected chi connectivity index (χ4v) is 5.76. The van der Waals surface area contributed by atoms with E-state index in [4.69, 9.17) is 18.9 Å². The van der Waals surface area contributed by atoms with Crippen molar-refractivity contribution in [3.8, 4) is 23.0 Å². The van der Waals surface area contributed by atoms with Crippen LogP contribution in [0.4, 0.5) is 10.1 Å². The molecule has 0 fully saturated rings. The van der Waals surface area contributed by atoms with Gasteiger partial charge in [0.1, 0.15) is 23.4 Å². The lowest BCUT2D eigenvalue weighted by atomic mass is 10.1. The largest absolute Gasteiger partial charge is 0.497 e. The minimum Gasteiger partial charge on any atom is -0.497 e. The summed E-state index contributed by atoms with van der Waals surface area (Å²) in [7, 11) is 0.720. The molecule has 0 aliphatic carbocycles. The molecule has 11 nitrogen and oxygen atoms in total. The average Bonchev–Trinajstić information content (AvgIpc) is 3.10. The van der Waals surface area contributed by atoms with Crippen LogP contribution in [0.1, 0.15) is 18.1 Å². The number of methoxy groups -OCH3 is 3. The number of sulfonamides is 1. The molecule has 0 bridgehead atoms. The van der Waals surface area contributed by atoms with Gasteiger partial charge >= 0.3 is 0 Å². The van der Waals surface area contributed by atoms with Crippen molar-refractivity contribution in [1.82, 2.24) is 10.2 Å². The molecule has 4 aromatic rings. The first-order valence-corrected chi connectivity index (χ1v) is 16.4. The Bertz CT molecular complexity index is 1780. The number of halogens is 1. The zero-order valence-electron chi connectivity index (χ0n) is 27.1. The standard InChI is InChI=1S/C35H38FN3O8S/c1-24(35(41)37-20-19-25-7-18-32(45-3)33(21-25)46-4)39(22-26-5-12-29(44-2)13-6-26)34(40)23-47-30-14-16-31(17-15-30)48(42,43)38-28-10-8-27(36)9-11-28/h5-18,21,24,38H,19-20,22-23H2,1-4H3,(H,37,41). The monoisotopic (exact) mass is 679 g/mol. The van der Waals surface area contributed by atoms with E-state index < -0.39 is 34.4 Å². The number of hydrogen-bond donors (Lipinski definition) is 2. The fraction of sp³-hybridized carbons (Fsp3) is 0.257. The van der Waals surface area contributed by atoms with Crippen molar-refractivity contribution in [3.05, 3.63) is 108 Å². The molecule has 0 saturated carbocycles. The lowest BCUT2D eigenvalue weighted by molar-refractivity contribution is -0.142. The summed E-state index contributed by atoms with van der Waals surface area (Å²) in [5.41, 5.74) is 1.92. The van der Waals surface area contributed by atoms with Crippen LogP contribution in [-0.4, -0.2) is 65.7 Å². The highest BCUT2D eigenvalue weighted by atomic mass is 32.2. The van der Waals surface area contributed by atoms with Crippen molar-refractivity contribution < 1.29 is 41.3 Å². The van der Waals surface area contributed by atoms with E-state index in [0.717, 1.165) is 23.3 Å². The predicted molar refractivity (Wildman–Crippen MR) is 178 cm³/mol. The number of rotatable bonds is 16. The number of benzene rings is 4. The van der Waals surface area contributed by atoms with Gasteiger partial charge in [0.2, 0.25) is 5.91 Å². The molecule has 13 heteroatoms. The molecule has 0 spiro atoms. The molecule has 2 N–H and O–H groups in total. The molecule has 4 aromatic carbocycles. The maximum Gasteiger partial charge on any atom is 0.261 e. The van der Waals surface area contributed by atoms with Crippen molar-refractivity contribution in [2.75, 3.05) is 39.2 Å². The molecule has 0 aliphatic heterocycles. The van der Waals surface area contributed by atoms with Gasteiger partial charge in [-0.15, -0.1) is 0 Å². The molecule has 0 radical (unpaired) electrons. The van der Waals surface area contributed by atoms with E-state index in [9.17, 15) is 22.4 Å². The topological polar surface area (TPSA) is 132 Å². The predicted octanol–water partition coefficient (Wildman–Crippen LogP) is 4.81. The number of amides is 2. The van der Waals surface area contributed by atoms with E-state index in [1.54, 1.807) is 58.6 Å². The van der Waals surface area contributed by atoms with Crippen LogP contribution in [0.25, 0.3) is 0 Å². The number of nitrogens with zero attached hydrogens (tertiary/aromatic N) is 1. The second-order valence-electron chi connectivity index (χ2n) is 10.6. The third-order valence-corrected chi connectivity index (χ3v) is 8.83. The molecule has 48 heavy (non-hydrogen) atoms. The summed E-state index contributed by atoms with van der Waals surface area (Å²) in [6.07, 6.45) is 0.527. The average molecular weight is 680 g/mol. The van der Waals surface area contributed by atoms with Crippen molar-refractivity contribution in [2.24, 2.45) is 0 Å². The highest BCUT2D eigenvalue weighted by Crippen LogP contribution is 2.27. The van der Waals surface area contributed by atoms with Crippen molar-refractivity contribution in [1.29, 1.82) is 0 Å². The molecule has 1 atom stereocenters. The SMILES string of the molecule is COc1ccc(CN(C(=O)COc2ccc(S(=O)(=O)Nc3ccc(F)cc3)cc2)C(C)C(=O)NCCc2ccc(OC)c(OC)c2)cc1. The first kappa shape index (κ1) is 35.6. The minimum atomic E-state index is -3.95. The molecule has 0 aromatic heterocycles. The maximum absolute atomic E-state index is 13.5. The van der Waals surface area contributed by atoms with Gasteiger partial charge in [0.05, 0.1) is 26.2 Å². The molecule has 254 valence electrons. The third-order valence-electron chi connectivity index (χ3n) is 7.43. The number of anilines is 1. The summed E-state index contributed by atoms with van der Waals surface area (Å²) >= 11 is 0. The van der Waals surface area contributed by atoms with Crippen LogP contribution < -0.4 is 29.0 Å². The zero-order valence-corrected chi connectivity index (χ0v) is 27.9. The van der Waals surface area contributed by atoms with Gasteiger partial charge in [0.15, 0.2) is 18.1 Å². The number of ether oxygens (including phenoxy) is 4. The normalized spacial score (nSPS) is 11.6. The van der Waals surface area contributed by atoms with Gasteiger partial charge in [0.25, 0.3) is 15.9 Å². The summed E-state index contributed by atoms with van der Waals surface area (Å²) in [5.74, 6) is 0.804. The molecule has 1 unspecified atom stereocenters. The Kier molecular flexibility index (Phi) is 12.2. The van der Waals surface area contributed by atoms with E-state index in [-0.39, 0.29) is 28.8 Å². The van der Waals surface area contributed by atoms with Crippen LogP contribution in [0.2, 0.25) is 0 Å². The summed E-state index contributed by atoms with van der Waals surface area (Å²) in [4.78, 5) is 28.1. The van der Waals surface area contributed by atoms with Crippen LogP contribution in [0.15, 0.2) is 95.9 Å². The van der Waals surface area contributed by atoms with Crippen LogP contribution in [0.3, 0.4) is 0 Å². The second kappa shape index (κ2) is 16.5. The van der Waals surface area contributed by atoms with Gasteiger partial charge in [-0.05, 0) is 97.3 Å². The van der Waals surface area contributed by atoms with Crippen molar-refractivity contribution >= 4 is 27.5 Å². The number of carbonyl (C=O) groups is 2. The van der Waals surface area contributed by atoms with Crippen molar-refractivity contribution in [2.45, 2.75) is 30.8 Å². The molecule has 0 heterocycles. The van der Waals surface area contributed by atoms with E-state index in [0.29, 0.717) is 30.2 Å². The Morgan fingerprint density at radius 1 is 0.792 bits per heavy atom. The molecule has 4 rings (SSSR count). The first-order chi connectivity index (χ1) is 23.0. The lowest BCUT2D eigenvalue weighted by Gasteiger charge is -2.29. The first-order valence-electron chi connectivity index (χ1n) is 14.9. The highest BCUT2D eigenvalue weighted by molar-refractivity contribution is 7.92. The van der Waals surface area contributed by atoms with Gasteiger partial charge in [0, 0.05) is 18.8 Å². The number of nitrogens with one attached hydrogen (secondary N) is 2. The lowest BCUT2D eigenvalue weighted by Crippen LogP contribution is -2.49. The van der Waals surface area contributed by atoms with Crippen LogP contribution in [-0.2, 0) is 32.6 Å². The van der Waals surface area contributed by atoms with Gasteiger partial charge in [-0.2, -0.15) is 0 Å². The van der Waals surface area contributed by atoms with Gasteiger partial charge in [-0.1, -0.05) is 18.2 Å². The van der Waals surface area contributed by atoms with Gasteiger partial charge in [-0.3, -0.25) is 14.3 Å². The number of carbonyl (C=O) groups excluding carboxylic acids is 2. The summed E-state index contributed by atoms with van der Waals surface area (Å²) in [6.45, 7) is 1.69. The Balaban J connectivity index is 1.40. The molecule has 0 aliphatic rings. The minimum absolute atomic E-state index is 0.0509. The van der Waals surface area contributed by atoms with Gasteiger partial charge in [-0.25, -0.2) is 12.8 Å². The summed E-state index contributed by atoms with van der Waals surface area (Å²) < 4.78 is 62.7.